The van der Waals surface area contributed by atoms with E-state index < -0.39 is 0 Å². The molecule has 178 valence electrons. The van der Waals surface area contributed by atoms with Crippen LogP contribution in [0.15, 0.2) is 66.7 Å². The minimum atomic E-state index is -0.210. The first-order valence-corrected chi connectivity index (χ1v) is 11.5. The lowest BCUT2D eigenvalue weighted by molar-refractivity contribution is -0.121. The van der Waals surface area contributed by atoms with Gasteiger partial charge in [-0.25, -0.2) is 4.39 Å². The van der Waals surface area contributed by atoms with Gasteiger partial charge in [-0.05, 0) is 66.3 Å². The number of piperidine rings is 1. The minimum absolute atomic E-state index is 0.00274. The maximum atomic E-state index is 13.9. The first-order chi connectivity index (χ1) is 16.4. The number of nitrogens with zero attached hydrogens (tertiary/aromatic N) is 1. The molecule has 34 heavy (non-hydrogen) atoms. The summed E-state index contributed by atoms with van der Waals surface area (Å²) in [5.41, 5.74) is 3.52. The number of carbonyl (C=O) groups is 1. The predicted octanol–water partition coefficient (Wildman–Crippen LogP) is 5.40. The predicted molar refractivity (Wildman–Crippen MR) is 132 cm³/mol. The van der Waals surface area contributed by atoms with E-state index in [2.05, 4.69) is 10.2 Å². The average Bonchev–Trinajstić information content (AvgIpc) is 2.85. The number of rotatable bonds is 7. The molecule has 5 nitrogen and oxygen atoms in total. The quantitative estimate of drug-likeness (QED) is 0.511. The number of hydrogen-bond donors (Lipinski definition) is 1. The highest BCUT2D eigenvalue weighted by atomic mass is 19.1. The molecule has 1 heterocycles. The summed E-state index contributed by atoms with van der Waals surface area (Å²) in [6.45, 7) is 3.84. The van der Waals surface area contributed by atoms with Crippen molar-refractivity contribution in [2.45, 2.75) is 25.8 Å². The number of benzene rings is 3. The molecule has 0 spiro atoms. The number of nitrogens with one attached hydrogen (secondary N) is 1. The number of likely N-dealkylation sites (tertiary alicyclic amines) is 1. The first-order valence-electron chi connectivity index (χ1n) is 11.5. The highest BCUT2D eigenvalue weighted by Gasteiger charge is 2.33. The number of aryl methyl sites for hydroxylation is 1. The molecule has 2 unspecified atom stereocenters. The van der Waals surface area contributed by atoms with Crippen LogP contribution in [0.2, 0.25) is 0 Å². The number of methoxy groups -OCH3 is 2. The van der Waals surface area contributed by atoms with Crippen molar-refractivity contribution in [1.29, 1.82) is 0 Å². The van der Waals surface area contributed by atoms with E-state index in [4.69, 9.17) is 9.47 Å². The zero-order chi connectivity index (χ0) is 24.1. The zero-order valence-electron chi connectivity index (χ0n) is 19.9. The Balaban J connectivity index is 1.58. The molecule has 1 amide bonds. The summed E-state index contributed by atoms with van der Waals surface area (Å²) in [7, 11) is 3.27. The van der Waals surface area contributed by atoms with Crippen molar-refractivity contribution in [3.8, 4) is 11.5 Å². The lowest BCUT2D eigenvalue weighted by Gasteiger charge is -2.37. The molecule has 1 aliphatic rings. The van der Waals surface area contributed by atoms with Crippen molar-refractivity contribution in [3.63, 3.8) is 0 Å². The van der Waals surface area contributed by atoms with Gasteiger partial charge in [0.2, 0.25) is 5.91 Å². The maximum absolute atomic E-state index is 13.9. The summed E-state index contributed by atoms with van der Waals surface area (Å²) in [5, 5.41) is 3.06. The smallest absolute Gasteiger partial charge is 0.228 e. The molecule has 0 aliphatic carbocycles. The second kappa shape index (κ2) is 10.7. The number of carbonyl (C=O) groups excluding carboxylic acids is 1. The summed E-state index contributed by atoms with van der Waals surface area (Å²) >= 11 is 0. The molecule has 0 aromatic heterocycles. The Hall–Kier alpha value is -3.38. The van der Waals surface area contributed by atoms with E-state index in [9.17, 15) is 9.18 Å². The monoisotopic (exact) mass is 462 g/mol. The first kappa shape index (κ1) is 23.8. The fourth-order valence-electron chi connectivity index (χ4n) is 4.65. The molecular formula is C28H31FN2O3. The van der Waals surface area contributed by atoms with Crippen molar-refractivity contribution in [2.75, 3.05) is 32.6 Å². The van der Waals surface area contributed by atoms with Gasteiger partial charge in [-0.1, -0.05) is 30.3 Å². The Labute approximate surface area is 200 Å². The highest BCUT2D eigenvalue weighted by Crippen LogP contribution is 2.33. The summed E-state index contributed by atoms with van der Waals surface area (Å²) in [5.74, 6) is 1.18. The van der Waals surface area contributed by atoms with E-state index in [1.807, 2.05) is 60.7 Å². The minimum Gasteiger partial charge on any atom is -0.497 e. The largest absolute Gasteiger partial charge is 0.497 e. The number of ether oxygens (including phenoxy) is 2. The van der Waals surface area contributed by atoms with Gasteiger partial charge in [0.1, 0.15) is 17.3 Å². The molecule has 3 aromatic carbocycles. The Morgan fingerprint density at radius 1 is 1.00 bits per heavy atom. The lowest BCUT2D eigenvalue weighted by atomic mass is 9.83. The van der Waals surface area contributed by atoms with E-state index in [1.54, 1.807) is 21.1 Å². The van der Waals surface area contributed by atoms with Crippen LogP contribution in [0.25, 0.3) is 0 Å². The third-order valence-electron chi connectivity index (χ3n) is 6.41. The second-order valence-electron chi connectivity index (χ2n) is 8.91. The highest BCUT2D eigenvalue weighted by molar-refractivity contribution is 5.92. The van der Waals surface area contributed by atoms with Crippen LogP contribution < -0.4 is 14.8 Å². The normalized spacial score (nSPS) is 18.4. The van der Waals surface area contributed by atoms with Crippen LogP contribution in [0.4, 0.5) is 10.1 Å². The van der Waals surface area contributed by atoms with Crippen LogP contribution in [0.1, 0.15) is 29.0 Å². The van der Waals surface area contributed by atoms with Gasteiger partial charge >= 0.3 is 0 Å². The second-order valence-corrected chi connectivity index (χ2v) is 8.91. The van der Waals surface area contributed by atoms with Gasteiger partial charge in [-0.3, -0.25) is 9.69 Å². The molecule has 2 atom stereocenters. The van der Waals surface area contributed by atoms with Gasteiger partial charge in [-0.15, -0.1) is 0 Å². The molecule has 3 aromatic rings. The third-order valence-corrected chi connectivity index (χ3v) is 6.41. The number of halogens is 1. The number of para-hydroxylation sites is 1. The molecule has 6 heteroatoms. The van der Waals surface area contributed by atoms with E-state index in [0.717, 1.165) is 34.9 Å². The van der Waals surface area contributed by atoms with Crippen LogP contribution >= 0.6 is 0 Å². The number of anilines is 1. The van der Waals surface area contributed by atoms with Gasteiger partial charge in [0.15, 0.2) is 0 Å². The molecule has 1 saturated heterocycles. The van der Waals surface area contributed by atoms with Gasteiger partial charge < -0.3 is 14.8 Å². The Bertz CT molecular complexity index is 1110. The average molecular weight is 463 g/mol. The summed E-state index contributed by atoms with van der Waals surface area (Å²) in [4.78, 5) is 15.5. The lowest BCUT2D eigenvalue weighted by Crippen LogP contribution is -2.43. The standard InChI is InChI=1S/C28H31FN2O3/c1-19-11-21(9-10-27(19)29)22-14-23(28(32)30-24-7-5-4-6-8-24)18-31(17-22)16-20-12-25(33-2)15-26(13-20)34-3/h4-13,15,22-23H,14,16-18H2,1-3H3,(H,30,32). The summed E-state index contributed by atoms with van der Waals surface area (Å²) in [6.07, 6.45) is 0.710. The summed E-state index contributed by atoms with van der Waals surface area (Å²) < 4.78 is 24.8. The fraction of sp³-hybridized carbons (Fsp3) is 0.321. The van der Waals surface area contributed by atoms with E-state index in [1.165, 1.54) is 6.07 Å². The fourth-order valence-corrected chi connectivity index (χ4v) is 4.65. The SMILES string of the molecule is COc1cc(CN2CC(C(=O)Nc3ccccc3)CC(c3ccc(F)c(C)c3)C2)cc(OC)c1. The molecule has 0 saturated carbocycles. The van der Waals surface area contributed by atoms with Crippen LogP contribution in [-0.2, 0) is 11.3 Å². The molecule has 4 rings (SSSR count). The van der Waals surface area contributed by atoms with Crippen molar-refractivity contribution in [2.24, 2.45) is 5.92 Å². The number of hydrogen-bond acceptors (Lipinski definition) is 4. The van der Waals surface area contributed by atoms with Crippen LogP contribution in [0.3, 0.4) is 0 Å². The van der Waals surface area contributed by atoms with Gasteiger partial charge in [0.05, 0.1) is 20.1 Å². The molecule has 0 radical (unpaired) electrons. The molecule has 1 N–H and O–H groups in total. The number of amides is 1. The van der Waals surface area contributed by atoms with Crippen LogP contribution in [0, 0.1) is 18.7 Å². The molecular weight excluding hydrogens is 431 g/mol. The Morgan fingerprint density at radius 3 is 2.35 bits per heavy atom. The van der Waals surface area contributed by atoms with Gasteiger partial charge in [0, 0.05) is 31.4 Å². The molecule has 1 fully saturated rings. The zero-order valence-corrected chi connectivity index (χ0v) is 19.9. The Morgan fingerprint density at radius 2 is 1.71 bits per heavy atom. The van der Waals surface area contributed by atoms with Crippen LogP contribution in [0.5, 0.6) is 11.5 Å². The van der Waals surface area contributed by atoms with Crippen LogP contribution in [-0.4, -0.2) is 38.1 Å². The van der Waals surface area contributed by atoms with Crippen molar-refractivity contribution < 1.29 is 18.7 Å². The molecule has 0 bridgehead atoms. The Kier molecular flexibility index (Phi) is 7.48. The van der Waals surface area contributed by atoms with Crippen molar-refractivity contribution in [1.82, 2.24) is 4.90 Å². The van der Waals surface area contributed by atoms with E-state index in [0.29, 0.717) is 25.1 Å². The van der Waals surface area contributed by atoms with Gasteiger partial charge in [0.25, 0.3) is 0 Å². The molecule has 1 aliphatic heterocycles. The summed E-state index contributed by atoms with van der Waals surface area (Å²) in [6, 6.07) is 20.6. The van der Waals surface area contributed by atoms with E-state index in [-0.39, 0.29) is 23.6 Å². The van der Waals surface area contributed by atoms with Crippen molar-refractivity contribution in [3.05, 3.63) is 89.2 Å². The van der Waals surface area contributed by atoms with Crippen molar-refractivity contribution >= 4 is 11.6 Å². The van der Waals surface area contributed by atoms with Gasteiger partial charge in [-0.2, -0.15) is 0 Å². The van der Waals surface area contributed by atoms with E-state index >= 15 is 0 Å². The maximum Gasteiger partial charge on any atom is 0.228 e. The topological polar surface area (TPSA) is 50.8 Å². The third kappa shape index (κ3) is 5.75.